The minimum absolute atomic E-state index is 0.165. The Balaban J connectivity index is 2.65. The highest BCUT2D eigenvalue weighted by molar-refractivity contribution is 7.75. The molecule has 5 nitrogen and oxygen atoms in total. The van der Waals surface area contributed by atoms with Gasteiger partial charge in [0.15, 0.2) is 5.75 Å². The van der Waals surface area contributed by atoms with E-state index in [4.69, 9.17) is 14.3 Å². The van der Waals surface area contributed by atoms with Gasteiger partial charge in [0, 0.05) is 19.0 Å². The number of benzene rings is 1. The van der Waals surface area contributed by atoms with Crippen LogP contribution in [0.4, 0.5) is 6.01 Å². The Morgan fingerprint density at radius 3 is 2.59 bits per heavy atom. The average Bonchev–Trinajstić information content (AvgIpc) is 2.48. The summed E-state index contributed by atoms with van der Waals surface area (Å²) in [6, 6.07) is 5.05. The van der Waals surface area contributed by atoms with Crippen molar-refractivity contribution in [2.75, 3.05) is 5.73 Å². The first-order valence-corrected chi connectivity index (χ1v) is 7.71. The van der Waals surface area contributed by atoms with Crippen LogP contribution in [0.25, 0.3) is 11.3 Å². The van der Waals surface area contributed by atoms with E-state index in [9.17, 15) is 4.79 Å². The van der Waals surface area contributed by atoms with Crippen LogP contribution in [0.3, 0.4) is 0 Å². The minimum atomic E-state index is -0.446. The summed E-state index contributed by atoms with van der Waals surface area (Å²) in [6.45, 7) is 4.24. The SMILES string of the molecule is CCCc1ccc(-c2cc(=O)nc(N)o2)c(OS)c1CCC. The van der Waals surface area contributed by atoms with Gasteiger partial charge in [-0.15, -0.1) is 0 Å². The molecule has 0 saturated carbocycles. The van der Waals surface area contributed by atoms with Crippen LogP contribution in [0.2, 0.25) is 0 Å². The van der Waals surface area contributed by atoms with Crippen molar-refractivity contribution < 1.29 is 8.60 Å². The predicted molar refractivity (Wildman–Crippen MR) is 90.2 cm³/mol. The molecule has 0 bridgehead atoms. The molecule has 0 amide bonds. The van der Waals surface area contributed by atoms with E-state index in [-0.39, 0.29) is 6.01 Å². The van der Waals surface area contributed by atoms with Crippen LogP contribution in [-0.4, -0.2) is 4.98 Å². The van der Waals surface area contributed by atoms with Crippen molar-refractivity contribution in [3.63, 3.8) is 0 Å². The number of nitrogens with two attached hydrogens (primary N) is 1. The molecule has 0 spiro atoms. The van der Waals surface area contributed by atoms with Gasteiger partial charge in [0.2, 0.25) is 0 Å². The molecule has 0 atom stereocenters. The van der Waals surface area contributed by atoms with Crippen LogP contribution in [0.15, 0.2) is 27.4 Å². The van der Waals surface area contributed by atoms with E-state index < -0.39 is 5.56 Å². The monoisotopic (exact) mass is 320 g/mol. The highest BCUT2D eigenvalue weighted by Gasteiger charge is 2.17. The maximum Gasteiger partial charge on any atom is 0.295 e. The number of nitrogen functional groups attached to an aromatic ring is 1. The third kappa shape index (κ3) is 3.44. The van der Waals surface area contributed by atoms with E-state index in [1.807, 2.05) is 12.1 Å². The van der Waals surface area contributed by atoms with Crippen LogP contribution in [0.5, 0.6) is 5.75 Å². The Bertz CT molecular complexity index is 713. The van der Waals surface area contributed by atoms with Crippen LogP contribution in [0, 0.1) is 0 Å². The normalized spacial score (nSPS) is 10.7. The zero-order valence-corrected chi connectivity index (χ0v) is 13.7. The number of hydrogen-bond donors (Lipinski definition) is 2. The topological polar surface area (TPSA) is 78.4 Å². The van der Waals surface area contributed by atoms with Crippen LogP contribution in [0.1, 0.15) is 37.8 Å². The van der Waals surface area contributed by atoms with Crippen molar-refractivity contribution in [3.05, 3.63) is 39.7 Å². The number of anilines is 1. The summed E-state index contributed by atoms with van der Waals surface area (Å²) >= 11 is 3.99. The molecule has 0 aliphatic carbocycles. The number of aromatic nitrogens is 1. The molecule has 1 heterocycles. The first-order chi connectivity index (χ1) is 10.6. The van der Waals surface area contributed by atoms with Crippen molar-refractivity contribution >= 4 is 18.9 Å². The molecule has 118 valence electrons. The van der Waals surface area contributed by atoms with Gasteiger partial charge >= 0.3 is 0 Å². The maximum absolute atomic E-state index is 11.6. The Labute approximate surface area is 135 Å². The first-order valence-electron chi connectivity index (χ1n) is 7.34. The van der Waals surface area contributed by atoms with Crippen molar-refractivity contribution in [1.82, 2.24) is 4.98 Å². The van der Waals surface area contributed by atoms with Gasteiger partial charge in [0.05, 0.1) is 5.56 Å². The number of thiol groups is 1. The summed E-state index contributed by atoms with van der Waals surface area (Å²) in [5.74, 6) is 0.951. The van der Waals surface area contributed by atoms with E-state index in [2.05, 4.69) is 31.7 Å². The standard InChI is InChI=1S/C16H20N2O3S/c1-3-5-10-7-8-12(15(21-22)11(10)6-4-2)13-9-14(19)18-16(17)20-13/h7-9,22H,3-6H2,1-2H3,(H2,17,18,19). The fourth-order valence-electron chi connectivity index (χ4n) is 2.55. The van der Waals surface area contributed by atoms with E-state index in [1.54, 1.807) is 0 Å². The summed E-state index contributed by atoms with van der Waals surface area (Å²) in [6.07, 6.45) is 3.85. The molecule has 0 aliphatic rings. The largest absolute Gasteiger partial charge is 0.428 e. The summed E-state index contributed by atoms with van der Waals surface area (Å²) in [7, 11) is 0. The smallest absolute Gasteiger partial charge is 0.295 e. The average molecular weight is 320 g/mol. The van der Waals surface area contributed by atoms with Gasteiger partial charge in [0.25, 0.3) is 11.6 Å². The van der Waals surface area contributed by atoms with Crippen molar-refractivity contribution in [3.8, 4) is 17.1 Å². The Kier molecular flexibility index (Phi) is 5.49. The van der Waals surface area contributed by atoms with Crippen LogP contribution >= 0.6 is 12.9 Å². The molecule has 0 unspecified atom stereocenters. The van der Waals surface area contributed by atoms with E-state index in [0.29, 0.717) is 17.1 Å². The molecule has 2 aromatic rings. The number of hydrogen-bond acceptors (Lipinski definition) is 6. The molecule has 22 heavy (non-hydrogen) atoms. The number of aryl methyl sites for hydroxylation is 1. The van der Waals surface area contributed by atoms with Crippen molar-refractivity contribution in [2.24, 2.45) is 0 Å². The highest BCUT2D eigenvalue weighted by Crippen LogP contribution is 2.37. The van der Waals surface area contributed by atoms with E-state index >= 15 is 0 Å². The van der Waals surface area contributed by atoms with E-state index in [0.717, 1.165) is 31.2 Å². The Morgan fingerprint density at radius 2 is 2.00 bits per heavy atom. The lowest BCUT2D eigenvalue weighted by Crippen LogP contribution is -2.08. The molecule has 0 radical (unpaired) electrons. The van der Waals surface area contributed by atoms with Gasteiger partial charge in [-0.2, -0.15) is 4.98 Å². The van der Waals surface area contributed by atoms with Crippen LogP contribution < -0.4 is 15.5 Å². The second-order valence-electron chi connectivity index (χ2n) is 5.07. The molecule has 2 rings (SSSR count). The lowest BCUT2D eigenvalue weighted by molar-refractivity contribution is 0.558. The second kappa shape index (κ2) is 7.35. The Hall–Kier alpha value is -1.95. The van der Waals surface area contributed by atoms with Gasteiger partial charge in [0.1, 0.15) is 5.76 Å². The molecular formula is C16H20N2O3S. The molecule has 0 saturated heterocycles. The second-order valence-corrected chi connectivity index (χ2v) is 5.25. The fourth-order valence-corrected chi connectivity index (χ4v) is 2.75. The van der Waals surface area contributed by atoms with E-state index in [1.165, 1.54) is 11.6 Å². The number of nitrogens with zero attached hydrogens (tertiary/aromatic N) is 1. The van der Waals surface area contributed by atoms with Gasteiger partial charge < -0.3 is 14.3 Å². The highest BCUT2D eigenvalue weighted by atomic mass is 32.1. The summed E-state index contributed by atoms with van der Waals surface area (Å²) in [4.78, 5) is 15.1. The zero-order chi connectivity index (χ0) is 16.1. The maximum atomic E-state index is 11.6. The summed E-state index contributed by atoms with van der Waals surface area (Å²) in [5.41, 5.74) is 8.05. The Morgan fingerprint density at radius 1 is 1.27 bits per heavy atom. The van der Waals surface area contributed by atoms with Crippen molar-refractivity contribution in [1.29, 1.82) is 0 Å². The quantitative estimate of drug-likeness (QED) is 0.630. The number of rotatable bonds is 6. The van der Waals surface area contributed by atoms with Crippen molar-refractivity contribution in [2.45, 2.75) is 39.5 Å². The summed E-state index contributed by atoms with van der Waals surface area (Å²) < 4.78 is 10.7. The van der Waals surface area contributed by atoms with Gasteiger partial charge in [-0.25, -0.2) is 0 Å². The lowest BCUT2D eigenvalue weighted by atomic mass is 9.95. The molecule has 0 fully saturated rings. The van der Waals surface area contributed by atoms with Gasteiger partial charge in [-0.05, 0) is 30.0 Å². The third-order valence-electron chi connectivity index (χ3n) is 3.42. The van der Waals surface area contributed by atoms with Gasteiger partial charge in [-0.3, -0.25) is 4.79 Å². The molecule has 1 aromatic heterocycles. The predicted octanol–water partition coefficient (Wildman–Crippen LogP) is 3.41. The molecule has 2 N–H and O–H groups in total. The molecule has 0 aliphatic heterocycles. The molecule has 6 heteroatoms. The summed E-state index contributed by atoms with van der Waals surface area (Å²) in [5, 5.41) is 0. The minimum Gasteiger partial charge on any atom is -0.428 e. The van der Waals surface area contributed by atoms with Crippen LogP contribution in [-0.2, 0) is 12.8 Å². The first kappa shape index (κ1) is 16.4. The fraction of sp³-hybridized carbons (Fsp3) is 0.375. The molecule has 1 aromatic carbocycles. The lowest BCUT2D eigenvalue weighted by Gasteiger charge is -2.16. The molecular weight excluding hydrogens is 300 g/mol. The zero-order valence-electron chi connectivity index (χ0n) is 12.8. The van der Waals surface area contributed by atoms with Gasteiger partial charge in [-0.1, -0.05) is 32.8 Å². The third-order valence-corrected chi connectivity index (χ3v) is 3.61.